The summed E-state index contributed by atoms with van der Waals surface area (Å²) in [5.74, 6) is 0.190. The third kappa shape index (κ3) is 3.99. The van der Waals surface area contributed by atoms with E-state index in [1.807, 2.05) is 61.5 Å². The van der Waals surface area contributed by atoms with Crippen LogP contribution in [0, 0.1) is 5.92 Å². The van der Waals surface area contributed by atoms with Crippen molar-refractivity contribution in [2.45, 2.75) is 19.9 Å². The first-order valence-electron chi connectivity index (χ1n) is 8.53. The highest BCUT2D eigenvalue weighted by molar-refractivity contribution is 6.01. The lowest BCUT2D eigenvalue weighted by molar-refractivity contribution is -0.126. The highest BCUT2D eigenvalue weighted by Crippen LogP contribution is 2.33. The number of para-hydroxylation sites is 2. The van der Waals surface area contributed by atoms with Gasteiger partial charge in [0.1, 0.15) is 5.75 Å². The summed E-state index contributed by atoms with van der Waals surface area (Å²) in [7, 11) is 0. The number of carbonyl (C=O) groups excluding carboxylic acids is 2. The number of benzene rings is 2. The van der Waals surface area contributed by atoms with Crippen LogP contribution in [0.4, 0.5) is 5.69 Å². The molecule has 0 radical (unpaired) electrons. The van der Waals surface area contributed by atoms with Gasteiger partial charge in [0.05, 0.1) is 18.2 Å². The van der Waals surface area contributed by atoms with E-state index in [0.29, 0.717) is 25.4 Å². The Morgan fingerprint density at radius 1 is 1.16 bits per heavy atom. The van der Waals surface area contributed by atoms with Gasteiger partial charge < -0.3 is 15.0 Å². The van der Waals surface area contributed by atoms with Crippen LogP contribution in [0.3, 0.4) is 0 Å². The van der Waals surface area contributed by atoms with Gasteiger partial charge in [-0.25, -0.2) is 0 Å². The van der Waals surface area contributed by atoms with Crippen molar-refractivity contribution in [3.63, 3.8) is 0 Å². The SMILES string of the molecule is CCOc1ccccc1N1C[C@@H](C(=O)NCc2ccccc2)CC1=O. The van der Waals surface area contributed by atoms with Gasteiger partial charge in [-0.15, -0.1) is 0 Å². The van der Waals surface area contributed by atoms with Gasteiger partial charge in [0.25, 0.3) is 0 Å². The van der Waals surface area contributed by atoms with Gasteiger partial charge in [-0.2, -0.15) is 0 Å². The second-order valence-corrected chi connectivity index (χ2v) is 6.01. The lowest BCUT2D eigenvalue weighted by atomic mass is 10.1. The molecule has 130 valence electrons. The minimum absolute atomic E-state index is 0.0491. The van der Waals surface area contributed by atoms with Crippen molar-refractivity contribution in [1.82, 2.24) is 5.32 Å². The summed E-state index contributed by atoms with van der Waals surface area (Å²) in [4.78, 5) is 26.5. The Morgan fingerprint density at radius 2 is 1.88 bits per heavy atom. The number of carbonyl (C=O) groups is 2. The van der Waals surface area contributed by atoms with Crippen LogP contribution in [0.2, 0.25) is 0 Å². The maximum atomic E-state index is 12.4. The maximum Gasteiger partial charge on any atom is 0.227 e. The first-order valence-corrected chi connectivity index (χ1v) is 8.53. The van der Waals surface area contributed by atoms with E-state index >= 15 is 0 Å². The van der Waals surface area contributed by atoms with E-state index in [1.54, 1.807) is 4.90 Å². The average Bonchev–Trinajstić information content (AvgIpc) is 3.03. The van der Waals surface area contributed by atoms with E-state index in [-0.39, 0.29) is 24.2 Å². The molecule has 2 aromatic carbocycles. The molecule has 5 heteroatoms. The molecule has 2 amide bonds. The molecule has 0 saturated carbocycles. The molecule has 1 aliphatic rings. The van der Waals surface area contributed by atoms with E-state index in [9.17, 15) is 9.59 Å². The van der Waals surface area contributed by atoms with Crippen molar-refractivity contribution in [2.75, 3.05) is 18.1 Å². The number of hydrogen-bond acceptors (Lipinski definition) is 3. The van der Waals surface area contributed by atoms with Crippen molar-refractivity contribution >= 4 is 17.5 Å². The number of ether oxygens (including phenoxy) is 1. The standard InChI is InChI=1S/C20H22N2O3/c1-2-25-18-11-7-6-10-17(18)22-14-16(12-19(22)23)20(24)21-13-15-8-4-3-5-9-15/h3-11,16H,2,12-14H2,1H3,(H,21,24)/t16-/m0/s1. The van der Waals surface area contributed by atoms with Crippen molar-refractivity contribution < 1.29 is 14.3 Å². The summed E-state index contributed by atoms with van der Waals surface area (Å²) in [6.45, 7) is 3.28. The Morgan fingerprint density at radius 3 is 2.64 bits per heavy atom. The zero-order valence-electron chi connectivity index (χ0n) is 14.3. The van der Waals surface area contributed by atoms with Crippen LogP contribution < -0.4 is 15.0 Å². The number of nitrogens with one attached hydrogen (secondary N) is 1. The van der Waals surface area contributed by atoms with Crippen molar-refractivity contribution in [3.05, 3.63) is 60.2 Å². The Kier molecular flexibility index (Phi) is 5.33. The smallest absolute Gasteiger partial charge is 0.227 e. The third-order valence-electron chi connectivity index (χ3n) is 4.26. The first kappa shape index (κ1) is 17.0. The molecule has 3 rings (SSSR count). The van der Waals surface area contributed by atoms with Gasteiger partial charge in [0.15, 0.2) is 0 Å². The van der Waals surface area contributed by atoms with Crippen molar-refractivity contribution in [2.24, 2.45) is 5.92 Å². The van der Waals surface area contributed by atoms with Gasteiger partial charge in [0, 0.05) is 19.5 Å². The molecule has 0 aromatic heterocycles. The molecule has 1 fully saturated rings. The van der Waals surface area contributed by atoms with Gasteiger partial charge in [0.2, 0.25) is 11.8 Å². The fraction of sp³-hybridized carbons (Fsp3) is 0.300. The second kappa shape index (κ2) is 7.83. The fourth-order valence-corrected chi connectivity index (χ4v) is 3.00. The average molecular weight is 338 g/mol. The predicted molar refractivity (Wildman–Crippen MR) is 96.4 cm³/mol. The number of anilines is 1. The zero-order valence-corrected chi connectivity index (χ0v) is 14.3. The zero-order chi connectivity index (χ0) is 17.6. The van der Waals surface area contributed by atoms with E-state index < -0.39 is 0 Å². The third-order valence-corrected chi connectivity index (χ3v) is 4.26. The lowest BCUT2D eigenvalue weighted by Gasteiger charge is -2.20. The van der Waals surface area contributed by atoms with E-state index in [0.717, 1.165) is 11.3 Å². The topological polar surface area (TPSA) is 58.6 Å². The summed E-state index contributed by atoms with van der Waals surface area (Å²) in [6, 6.07) is 17.2. The van der Waals surface area contributed by atoms with Crippen LogP contribution in [0.5, 0.6) is 5.75 Å². The lowest BCUT2D eigenvalue weighted by Crippen LogP contribution is -2.32. The summed E-state index contributed by atoms with van der Waals surface area (Å²) >= 11 is 0. The molecular formula is C20H22N2O3. The number of rotatable bonds is 6. The van der Waals surface area contributed by atoms with Gasteiger partial charge >= 0.3 is 0 Å². The maximum absolute atomic E-state index is 12.4. The van der Waals surface area contributed by atoms with E-state index in [1.165, 1.54) is 0 Å². The molecule has 1 atom stereocenters. The molecule has 5 nitrogen and oxygen atoms in total. The summed E-state index contributed by atoms with van der Waals surface area (Å²) in [5.41, 5.74) is 1.77. The molecule has 0 bridgehead atoms. The predicted octanol–water partition coefficient (Wildman–Crippen LogP) is 2.75. The molecule has 1 heterocycles. The van der Waals surface area contributed by atoms with Gasteiger partial charge in [-0.05, 0) is 24.6 Å². The van der Waals surface area contributed by atoms with Gasteiger partial charge in [-0.3, -0.25) is 9.59 Å². The molecule has 1 N–H and O–H groups in total. The van der Waals surface area contributed by atoms with Crippen LogP contribution in [-0.4, -0.2) is 25.0 Å². The molecule has 2 aromatic rings. The van der Waals surface area contributed by atoms with Crippen LogP contribution in [-0.2, 0) is 16.1 Å². The number of nitrogens with zero attached hydrogens (tertiary/aromatic N) is 1. The fourth-order valence-electron chi connectivity index (χ4n) is 3.00. The van der Waals surface area contributed by atoms with E-state index in [2.05, 4.69) is 5.32 Å². The molecule has 0 spiro atoms. The largest absolute Gasteiger partial charge is 0.492 e. The summed E-state index contributed by atoms with van der Waals surface area (Å²) in [6.07, 6.45) is 0.223. The monoisotopic (exact) mass is 338 g/mol. The molecule has 1 saturated heterocycles. The Bertz CT molecular complexity index is 746. The second-order valence-electron chi connectivity index (χ2n) is 6.01. The van der Waals surface area contributed by atoms with Crippen LogP contribution in [0.15, 0.2) is 54.6 Å². The minimum atomic E-state index is -0.342. The minimum Gasteiger partial charge on any atom is -0.492 e. The van der Waals surface area contributed by atoms with Crippen molar-refractivity contribution in [3.8, 4) is 5.75 Å². The van der Waals surface area contributed by atoms with E-state index in [4.69, 9.17) is 4.74 Å². The highest BCUT2D eigenvalue weighted by atomic mass is 16.5. The Balaban J connectivity index is 1.65. The highest BCUT2D eigenvalue weighted by Gasteiger charge is 2.36. The Hall–Kier alpha value is -2.82. The molecule has 25 heavy (non-hydrogen) atoms. The van der Waals surface area contributed by atoms with Gasteiger partial charge in [-0.1, -0.05) is 42.5 Å². The summed E-state index contributed by atoms with van der Waals surface area (Å²) < 4.78 is 5.60. The van der Waals surface area contributed by atoms with Crippen LogP contribution in [0.1, 0.15) is 18.9 Å². The van der Waals surface area contributed by atoms with Crippen molar-refractivity contribution in [1.29, 1.82) is 0 Å². The number of amides is 2. The first-order chi connectivity index (χ1) is 12.2. The van der Waals surface area contributed by atoms with Crippen LogP contribution in [0.25, 0.3) is 0 Å². The van der Waals surface area contributed by atoms with Crippen LogP contribution >= 0.6 is 0 Å². The number of hydrogen-bond donors (Lipinski definition) is 1. The molecule has 1 aliphatic heterocycles. The summed E-state index contributed by atoms with van der Waals surface area (Å²) in [5, 5.41) is 2.92. The molecule has 0 aliphatic carbocycles. The Labute approximate surface area is 147 Å². The quantitative estimate of drug-likeness (QED) is 0.881. The molecule has 0 unspecified atom stereocenters. The molecular weight excluding hydrogens is 316 g/mol. The normalized spacial score (nSPS) is 16.8.